The third-order valence-electron chi connectivity index (χ3n) is 4.62. The molecule has 1 aliphatic heterocycles. The number of nitrogens with zero attached hydrogens (tertiary/aromatic N) is 1. The van der Waals surface area contributed by atoms with Crippen LogP contribution in [0.5, 0.6) is 0 Å². The Morgan fingerprint density at radius 1 is 1.18 bits per heavy atom. The maximum Gasteiger partial charge on any atom is 0.311 e. The molecule has 7 heteroatoms. The fourth-order valence-corrected chi connectivity index (χ4v) is 3.13. The van der Waals surface area contributed by atoms with Gasteiger partial charge in [0, 0.05) is 0 Å². The number of rotatable bonds is 4. The lowest BCUT2D eigenvalue weighted by Gasteiger charge is -2.42. The van der Waals surface area contributed by atoms with Crippen LogP contribution in [0.4, 0.5) is 15.8 Å². The van der Waals surface area contributed by atoms with E-state index < -0.39 is 29.3 Å². The van der Waals surface area contributed by atoms with Gasteiger partial charge in [-0.2, -0.15) is 0 Å². The zero-order chi connectivity index (χ0) is 20.5. The molecular weight excluding hydrogens is 363 g/mol. The van der Waals surface area contributed by atoms with Gasteiger partial charge in [-0.3, -0.25) is 19.3 Å². The summed E-state index contributed by atoms with van der Waals surface area (Å²) in [4.78, 5) is 39.1. The minimum Gasteiger partial charge on any atom is -0.452 e. The zero-order valence-electron chi connectivity index (χ0n) is 15.9. The molecular formula is C21H21FN2O4. The van der Waals surface area contributed by atoms with Gasteiger partial charge in [0.25, 0.3) is 5.91 Å². The highest BCUT2D eigenvalue weighted by Crippen LogP contribution is 2.37. The summed E-state index contributed by atoms with van der Waals surface area (Å²) < 4.78 is 18.5. The lowest BCUT2D eigenvalue weighted by Crippen LogP contribution is -2.60. The molecule has 1 aliphatic rings. The number of halogens is 1. The first-order chi connectivity index (χ1) is 13.2. The largest absolute Gasteiger partial charge is 0.452 e. The molecule has 3 rings (SSSR count). The van der Waals surface area contributed by atoms with Crippen LogP contribution in [-0.4, -0.2) is 29.4 Å². The van der Waals surface area contributed by atoms with Crippen LogP contribution >= 0.6 is 0 Å². The fraction of sp³-hybridized carbons (Fsp3) is 0.286. The number of carbonyl (C=O) groups excluding carboxylic acids is 3. The average molecular weight is 384 g/mol. The quantitative estimate of drug-likeness (QED) is 0.822. The normalized spacial score (nSPS) is 16.0. The molecule has 28 heavy (non-hydrogen) atoms. The van der Waals surface area contributed by atoms with Crippen molar-refractivity contribution in [3.05, 3.63) is 59.9 Å². The van der Waals surface area contributed by atoms with Gasteiger partial charge in [-0.1, -0.05) is 24.3 Å². The summed E-state index contributed by atoms with van der Waals surface area (Å²) in [6, 6.07) is 12.5. The highest BCUT2D eigenvalue weighted by Gasteiger charge is 2.45. The van der Waals surface area contributed by atoms with Crippen LogP contribution in [0, 0.1) is 5.82 Å². The molecule has 0 radical (unpaired) electrons. The van der Waals surface area contributed by atoms with Gasteiger partial charge in [-0.25, -0.2) is 4.39 Å². The van der Waals surface area contributed by atoms with Gasteiger partial charge in [-0.15, -0.1) is 0 Å². The second-order valence-electron chi connectivity index (χ2n) is 7.14. The summed E-state index contributed by atoms with van der Waals surface area (Å²) in [5, 5.41) is 2.78. The number of amides is 2. The molecule has 0 aliphatic carbocycles. The summed E-state index contributed by atoms with van der Waals surface area (Å²) in [6.45, 7) is 4.70. The van der Waals surface area contributed by atoms with Gasteiger partial charge in [0.15, 0.2) is 6.10 Å². The minimum atomic E-state index is -1.16. The van der Waals surface area contributed by atoms with E-state index in [1.165, 1.54) is 30.0 Å². The molecule has 0 saturated carbocycles. The first-order valence-electron chi connectivity index (χ1n) is 8.88. The summed E-state index contributed by atoms with van der Waals surface area (Å²) in [5.74, 6) is -1.95. The average Bonchev–Trinajstić information content (AvgIpc) is 2.62. The van der Waals surface area contributed by atoms with Gasteiger partial charge in [-0.05, 0) is 50.6 Å². The second-order valence-corrected chi connectivity index (χ2v) is 7.14. The molecule has 2 aromatic carbocycles. The summed E-state index contributed by atoms with van der Waals surface area (Å²) in [5.41, 5.74) is 0.338. The molecule has 1 heterocycles. The monoisotopic (exact) mass is 384 g/mol. The summed E-state index contributed by atoms with van der Waals surface area (Å²) in [6.07, 6.45) is -1.27. The molecule has 6 nitrogen and oxygen atoms in total. The minimum absolute atomic E-state index is 0.157. The highest BCUT2D eigenvalue weighted by molar-refractivity contribution is 6.15. The Balaban J connectivity index is 1.78. The number of ether oxygens (including phenoxy) is 1. The summed E-state index contributed by atoms with van der Waals surface area (Å²) >= 11 is 0. The molecule has 0 unspecified atom stereocenters. The lowest BCUT2D eigenvalue weighted by molar-refractivity contribution is -0.153. The van der Waals surface area contributed by atoms with Crippen LogP contribution in [0.2, 0.25) is 0 Å². The third-order valence-corrected chi connectivity index (χ3v) is 4.62. The van der Waals surface area contributed by atoms with Crippen molar-refractivity contribution in [2.45, 2.75) is 38.8 Å². The van der Waals surface area contributed by atoms with Crippen molar-refractivity contribution < 1.29 is 23.5 Å². The van der Waals surface area contributed by atoms with E-state index >= 15 is 0 Å². The first-order valence-corrected chi connectivity index (χ1v) is 8.88. The maximum atomic E-state index is 13.3. The van der Waals surface area contributed by atoms with Gasteiger partial charge in [0.1, 0.15) is 11.4 Å². The number of benzene rings is 2. The van der Waals surface area contributed by atoms with Crippen molar-refractivity contribution in [1.29, 1.82) is 0 Å². The van der Waals surface area contributed by atoms with Gasteiger partial charge in [0.05, 0.1) is 17.8 Å². The molecule has 0 aromatic heterocycles. The van der Waals surface area contributed by atoms with Crippen molar-refractivity contribution >= 4 is 29.2 Å². The van der Waals surface area contributed by atoms with Crippen LogP contribution in [-0.2, 0) is 25.5 Å². The lowest BCUT2D eigenvalue weighted by atomic mass is 9.95. The van der Waals surface area contributed by atoms with E-state index in [2.05, 4.69) is 5.32 Å². The predicted octanol–water partition coefficient (Wildman–Crippen LogP) is 3.06. The van der Waals surface area contributed by atoms with Gasteiger partial charge >= 0.3 is 5.97 Å². The maximum absolute atomic E-state index is 13.3. The van der Waals surface area contributed by atoms with Crippen molar-refractivity contribution in [3.8, 4) is 0 Å². The number of anilines is 2. The van der Waals surface area contributed by atoms with Crippen molar-refractivity contribution in [2.24, 2.45) is 0 Å². The smallest absolute Gasteiger partial charge is 0.311 e. The van der Waals surface area contributed by atoms with E-state index in [-0.39, 0.29) is 12.3 Å². The Bertz CT molecular complexity index is 942. The number of nitrogens with one attached hydrogen (secondary N) is 1. The first kappa shape index (κ1) is 19.5. The number of para-hydroxylation sites is 2. The molecule has 2 aromatic rings. The molecule has 2 amide bonds. The Morgan fingerprint density at radius 3 is 2.61 bits per heavy atom. The van der Waals surface area contributed by atoms with Crippen LogP contribution in [0.15, 0.2) is 48.5 Å². The van der Waals surface area contributed by atoms with E-state index in [1.54, 1.807) is 44.2 Å². The fourth-order valence-electron chi connectivity index (χ4n) is 3.13. The summed E-state index contributed by atoms with van der Waals surface area (Å²) in [7, 11) is 0. The SMILES string of the molecule is C[C@@H](OC(=O)Cc1cccc(F)c1)C(=O)N1c2ccccc2NC(=O)C1(C)C. The van der Waals surface area contributed by atoms with Crippen molar-refractivity contribution in [1.82, 2.24) is 0 Å². The van der Waals surface area contributed by atoms with E-state index in [1.807, 2.05) is 0 Å². The number of fused-ring (bicyclic) bond motifs is 1. The number of hydrogen-bond donors (Lipinski definition) is 1. The number of esters is 1. The van der Waals surface area contributed by atoms with Crippen molar-refractivity contribution in [2.75, 3.05) is 10.2 Å². The predicted molar refractivity (Wildman–Crippen MR) is 102 cm³/mol. The Hall–Kier alpha value is -3.22. The van der Waals surface area contributed by atoms with Crippen LogP contribution < -0.4 is 10.2 Å². The van der Waals surface area contributed by atoms with Crippen LogP contribution in [0.25, 0.3) is 0 Å². The molecule has 1 N–H and O–H groups in total. The van der Waals surface area contributed by atoms with E-state index in [0.717, 1.165) is 0 Å². The highest BCUT2D eigenvalue weighted by atomic mass is 19.1. The Kier molecular flexibility index (Phi) is 5.18. The second kappa shape index (κ2) is 7.42. The molecule has 1 atom stereocenters. The van der Waals surface area contributed by atoms with Gasteiger partial charge in [0.2, 0.25) is 5.91 Å². The van der Waals surface area contributed by atoms with E-state index in [4.69, 9.17) is 4.74 Å². The standard InChI is InChI=1S/C21H21FN2O4/c1-13(28-18(25)12-14-7-6-8-15(22)11-14)19(26)24-17-10-5-4-9-16(17)23-20(27)21(24,2)3/h4-11,13H,12H2,1-3H3,(H,23,27)/t13-/m1/s1. The molecule has 0 saturated heterocycles. The number of hydrogen-bond acceptors (Lipinski definition) is 4. The van der Waals surface area contributed by atoms with E-state index in [0.29, 0.717) is 16.9 Å². The molecule has 0 spiro atoms. The van der Waals surface area contributed by atoms with Gasteiger partial charge < -0.3 is 10.1 Å². The molecule has 0 fully saturated rings. The molecule has 0 bridgehead atoms. The van der Waals surface area contributed by atoms with Crippen LogP contribution in [0.1, 0.15) is 26.3 Å². The van der Waals surface area contributed by atoms with Crippen molar-refractivity contribution in [3.63, 3.8) is 0 Å². The zero-order valence-corrected chi connectivity index (χ0v) is 15.9. The Morgan fingerprint density at radius 2 is 1.89 bits per heavy atom. The Labute approximate surface area is 162 Å². The topological polar surface area (TPSA) is 75.7 Å². The number of carbonyl (C=O) groups is 3. The third kappa shape index (κ3) is 3.74. The van der Waals surface area contributed by atoms with Crippen LogP contribution in [0.3, 0.4) is 0 Å². The van der Waals surface area contributed by atoms with E-state index in [9.17, 15) is 18.8 Å². The molecule has 146 valence electrons.